The minimum Gasteiger partial charge on any atom is -0.341 e. The number of amides is 1. The third-order valence-electron chi connectivity index (χ3n) is 3.95. The Hall–Kier alpha value is -0.0300. The Morgan fingerprint density at radius 1 is 1.16 bits per heavy atom. The molecule has 114 valence electrons. The molecule has 0 bridgehead atoms. The average Bonchev–Trinajstić information content (AvgIpc) is 3.13. The fourth-order valence-electron chi connectivity index (χ4n) is 2.45. The van der Waals surface area contributed by atoms with Crippen molar-refractivity contribution >= 4 is 30.7 Å². The molecule has 1 aliphatic heterocycles. The minimum atomic E-state index is 0. The molecule has 1 amide bonds. The maximum Gasteiger partial charge on any atom is 0.236 e. The number of rotatable bonds is 5. The highest BCUT2D eigenvalue weighted by Gasteiger charge is 2.24. The van der Waals surface area contributed by atoms with E-state index >= 15 is 0 Å². The highest BCUT2D eigenvalue weighted by Crippen LogP contribution is 2.27. The summed E-state index contributed by atoms with van der Waals surface area (Å²) in [6.07, 6.45) is 4.91. The largest absolute Gasteiger partial charge is 0.341 e. The highest BCUT2D eigenvalue weighted by atomic mass is 35.5. The molecule has 0 spiro atoms. The SMILES string of the molecule is CN(C)C1CCN(C(=O)CNCC2CC2)CC1.Cl.Cl. The van der Waals surface area contributed by atoms with Gasteiger partial charge in [0.1, 0.15) is 0 Å². The van der Waals surface area contributed by atoms with Crippen molar-refractivity contribution in [3.8, 4) is 0 Å². The smallest absolute Gasteiger partial charge is 0.236 e. The van der Waals surface area contributed by atoms with Gasteiger partial charge in [-0.15, -0.1) is 24.8 Å². The normalized spacial score (nSPS) is 19.8. The fraction of sp³-hybridized carbons (Fsp3) is 0.923. The number of halogens is 2. The third-order valence-corrected chi connectivity index (χ3v) is 3.95. The first-order valence-electron chi connectivity index (χ1n) is 6.81. The molecule has 0 radical (unpaired) electrons. The molecule has 2 aliphatic rings. The summed E-state index contributed by atoms with van der Waals surface area (Å²) in [7, 11) is 4.25. The number of hydrogen-bond donors (Lipinski definition) is 1. The molecule has 6 heteroatoms. The molecule has 1 saturated heterocycles. The van der Waals surface area contributed by atoms with Crippen LogP contribution in [0.25, 0.3) is 0 Å². The van der Waals surface area contributed by atoms with Gasteiger partial charge < -0.3 is 15.1 Å². The average molecular weight is 312 g/mol. The van der Waals surface area contributed by atoms with E-state index in [4.69, 9.17) is 0 Å². The number of nitrogens with one attached hydrogen (secondary N) is 1. The topological polar surface area (TPSA) is 35.6 Å². The van der Waals surface area contributed by atoms with Crippen LogP contribution in [0.2, 0.25) is 0 Å². The van der Waals surface area contributed by atoms with E-state index in [9.17, 15) is 4.79 Å². The van der Waals surface area contributed by atoms with Crippen molar-refractivity contribution < 1.29 is 4.79 Å². The van der Waals surface area contributed by atoms with Crippen molar-refractivity contribution in [3.63, 3.8) is 0 Å². The van der Waals surface area contributed by atoms with Crippen molar-refractivity contribution in [1.29, 1.82) is 0 Å². The van der Waals surface area contributed by atoms with Gasteiger partial charge in [0.25, 0.3) is 0 Å². The van der Waals surface area contributed by atoms with Gasteiger partial charge in [0.2, 0.25) is 5.91 Å². The van der Waals surface area contributed by atoms with Crippen LogP contribution in [-0.2, 0) is 4.79 Å². The van der Waals surface area contributed by atoms with Crippen molar-refractivity contribution in [2.24, 2.45) is 5.92 Å². The Bertz CT molecular complexity index is 265. The Morgan fingerprint density at radius 3 is 2.21 bits per heavy atom. The monoisotopic (exact) mass is 311 g/mol. The number of carbonyl (C=O) groups excluding carboxylic acids is 1. The Labute approximate surface area is 129 Å². The summed E-state index contributed by atoms with van der Waals surface area (Å²) in [5.74, 6) is 1.13. The van der Waals surface area contributed by atoms with Gasteiger partial charge in [-0.1, -0.05) is 0 Å². The summed E-state index contributed by atoms with van der Waals surface area (Å²) >= 11 is 0. The summed E-state index contributed by atoms with van der Waals surface area (Å²) in [4.78, 5) is 16.2. The summed E-state index contributed by atoms with van der Waals surface area (Å²) in [6.45, 7) is 3.41. The van der Waals surface area contributed by atoms with E-state index in [0.717, 1.165) is 38.4 Å². The predicted octanol–water partition coefficient (Wildman–Crippen LogP) is 1.38. The minimum absolute atomic E-state index is 0. The molecule has 4 nitrogen and oxygen atoms in total. The van der Waals surface area contributed by atoms with Gasteiger partial charge in [-0.3, -0.25) is 4.79 Å². The first kappa shape index (κ1) is 19.0. The molecule has 0 aromatic heterocycles. The second-order valence-electron chi connectivity index (χ2n) is 5.65. The number of piperidine rings is 1. The van der Waals surface area contributed by atoms with Crippen LogP contribution in [-0.4, -0.2) is 62.0 Å². The van der Waals surface area contributed by atoms with E-state index < -0.39 is 0 Å². The van der Waals surface area contributed by atoms with Crippen LogP contribution in [0.1, 0.15) is 25.7 Å². The van der Waals surface area contributed by atoms with Crippen LogP contribution in [0.3, 0.4) is 0 Å². The van der Waals surface area contributed by atoms with Crippen LogP contribution >= 0.6 is 24.8 Å². The molecule has 2 fully saturated rings. The second-order valence-corrected chi connectivity index (χ2v) is 5.65. The third kappa shape index (κ3) is 6.30. The van der Waals surface area contributed by atoms with E-state index in [1.165, 1.54) is 12.8 Å². The van der Waals surface area contributed by atoms with Gasteiger partial charge >= 0.3 is 0 Å². The van der Waals surface area contributed by atoms with Crippen molar-refractivity contribution in [3.05, 3.63) is 0 Å². The van der Waals surface area contributed by atoms with E-state index in [-0.39, 0.29) is 30.7 Å². The van der Waals surface area contributed by atoms with Crippen molar-refractivity contribution in [2.75, 3.05) is 40.3 Å². The van der Waals surface area contributed by atoms with Crippen LogP contribution in [0.5, 0.6) is 0 Å². The van der Waals surface area contributed by atoms with E-state index in [1.807, 2.05) is 4.90 Å². The summed E-state index contributed by atoms with van der Waals surface area (Å²) in [5.41, 5.74) is 0. The Balaban J connectivity index is 0.00000162. The quantitative estimate of drug-likeness (QED) is 0.833. The maximum atomic E-state index is 11.9. The predicted molar refractivity (Wildman–Crippen MR) is 83.4 cm³/mol. The van der Waals surface area contributed by atoms with Gasteiger partial charge in [-0.2, -0.15) is 0 Å². The van der Waals surface area contributed by atoms with Gasteiger partial charge in [-0.25, -0.2) is 0 Å². The van der Waals surface area contributed by atoms with Gasteiger partial charge in [0.05, 0.1) is 6.54 Å². The molecule has 0 aromatic carbocycles. The Kier molecular flexibility index (Phi) is 8.99. The van der Waals surface area contributed by atoms with Gasteiger partial charge in [0.15, 0.2) is 0 Å². The number of likely N-dealkylation sites (tertiary alicyclic amines) is 1. The molecule has 1 N–H and O–H groups in total. The number of nitrogens with zero attached hydrogens (tertiary/aromatic N) is 2. The van der Waals surface area contributed by atoms with Gasteiger partial charge in [-0.05, 0) is 52.2 Å². The number of hydrogen-bond acceptors (Lipinski definition) is 3. The van der Waals surface area contributed by atoms with Crippen molar-refractivity contribution in [1.82, 2.24) is 15.1 Å². The molecule has 0 aromatic rings. The summed E-state index contributed by atoms with van der Waals surface area (Å²) in [5, 5.41) is 3.28. The zero-order valence-corrected chi connectivity index (χ0v) is 13.6. The fourth-order valence-corrected chi connectivity index (χ4v) is 2.45. The second kappa shape index (κ2) is 9.01. The molecule has 0 unspecified atom stereocenters. The Morgan fingerprint density at radius 2 is 1.74 bits per heavy atom. The summed E-state index contributed by atoms with van der Waals surface area (Å²) in [6, 6.07) is 0.651. The lowest BCUT2D eigenvalue weighted by Gasteiger charge is -2.35. The highest BCUT2D eigenvalue weighted by molar-refractivity contribution is 5.85. The molecule has 1 saturated carbocycles. The molecule has 1 heterocycles. The van der Waals surface area contributed by atoms with Gasteiger partial charge in [0, 0.05) is 19.1 Å². The maximum absolute atomic E-state index is 11.9. The molecular formula is C13H27Cl2N3O. The van der Waals surface area contributed by atoms with Crippen LogP contribution in [0, 0.1) is 5.92 Å². The van der Waals surface area contributed by atoms with Crippen LogP contribution in [0.15, 0.2) is 0 Å². The molecule has 0 atom stereocenters. The molecular weight excluding hydrogens is 285 g/mol. The lowest BCUT2D eigenvalue weighted by Crippen LogP contribution is -2.47. The summed E-state index contributed by atoms with van der Waals surface area (Å²) < 4.78 is 0. The standard InChI is InChI=1S/C13H25N3O.2ClH/c1-15(2)12-5-7-16(8-6-12)13(17)10-14-9-11-3-4-11;;/h11-12,14H,3-10H2,1-2H3;2*1H. The zero-order valence-electron chi connectivity index (χ0n) is 11.9. The zero-order chi connectivity index (χ0) is 12.3. The molecule has 2 rings (SSSR count). The van der Waals surface area contributed by atoms with Crippen molar-refractivity contribution in [2.45, 2.75) is 31.7 Å². The molecule has 19 heavy (non-hydrogen) atoms. The lowest BCUT2D eigenvalue weighted by atomic mass is 10.0. The first-order valence-corrected chi connectivity index (χ1v) is 6.81. The van der Waals surface area contributed by atoms with E-state index in [2.05, 4.69) is 24.3 Å². The van der Waals surface area contributed by atoms with Crippen LogP contribution < -0.4 is 5.32 Å². The van der Waals surface area contributed by atoms with E-state index in [1.54, 1.807) is 0 Å². The van der Waals surface area contributed by atoms with Crippen LogP contribution in [0.4, 0.5) is 0 Å². The van der Waals surface area contributed by atoms with E-state index in [0.29, 0.717) is 12.6 Å². The number of carbonyl (C=O) groups is 1. The molecule has 1 aliphatic carbocycles. The first-order chi connectivity index (χ1) is 8.16. The lowest BCUT2D eigenvalue weighted by molar-refractivity contribution is -0.131.